The SMILES string of the molecule is CCCCCCCCCCCCCC(CC(=O)O)(C(=O)O)C(CCCCCCCCCCCCC)(CC(=O)OC1CC(C)(C)N(C)C(C)(C)C1)C(=O)OC1CC(C)(C)N(C)C(C)(C)C1. The van der Waals surface area contributed by atoms with Crippen molar-refractivity contribution in [1.82, 2.24) is 9.80 Å². The summed E-state index contributed by atoms with van der Waals surface area (Å²) in [7, 11) is 4.16. The Kier molecular flexibility index (Phi) is 24.4. The number of hydrogen-bond acceptors (Lipinski definition) is 8. The third kappa shape index (κ3) is 17.5. The third-order valence-corrected chi connectivity index (χ3v) is 16.1. The molecule has 2 aliphatic heterocycles. The van der Waals surface area contributed by atoms with Crippen molar-refractivity contribution < 1.29 is 38.9 Å². The Bertz CT molecular complexity index is 1370. The zero-order valence-corrected chi connectivity index (χ0v) is 43.6. The molecule has 0 aromatic heterocycles. The first-order chi connectivity index (χ1) is 29.9. The number of rotatable bonds is 33. The lowest BCUT2D eigenvalue weighted by atomic mass is 9.55. The molecule has 2 atom stereocenters. The monoisotopic (exact) mass is 905 g/mol. The molecule has 0 bridgehead atoms. The van der Waals surface area contributed by atoms with Crippen LogP contribution in [0.25, 0.3) is 0 Å². The average Bonchev–Trinajstić information content (AvgIpc) is 3.18. The van der Waals surface area contributed by atoms with E-state index < -0.39 is 59.8 Å². The van der Waals surface area contributed by atoms with Gasteiger partial charge in [-0.3, -0.25) is 29.0 Å². The van der Waals surface area contributed by atoms with Crippen molar-refractivity contribution in [3.63, 3.8) is 0 Å². The second kappa shape index (κ2) is 27.0. The van der Waals surface area contributed by atoms with E-state index in [1.54, 1.807) is 0 Å². The molecule has 2 saturated heterocycles. The van der Waals surface area contributed by atoms with Gasteiger partial charge in [-0.1, -0.05) is 155 Å². The Balaban J connectivity index is 2.59. The lowest BCUT2D eigenvalue weighted by Gasteiger charge is -2.54. The van der Waals surface area contributed by atoms with Crippen LogP contribution < -0.4 is 0 Å². The van der Waals surface area contributed by atoms with E-state index in [2.05, 4.69) is 93.1 Å². The molecule has 0 aromatic carbocycles. The van der Waals surface area contributed by atoms with Crippen molar-refractivity contribution in [3.8, 4) is 0 Å². The summed E-state index contributed by atoms with van der Waals surface area (Å²) in [6, 6.07) is 0. The summed E-state index contributed by atoms with van der Waals surface area (Å²) in [6.45, 7) is 21.4. The van der Waals surface area contributed by atoms with Crippen molar-refractivity contribution in [1.29, 1.82) is 0 Å². The number of carbonyl (C=O) groups excluding carboxylic acids is 2. The summed E-state index contributed by atoms with van der Waals surface area (Å²) >= 11 is 0. The molecular weight excluding hydrogens is 805 g/mol. The zero-order valence-electron chi connectivity index (χ0n) is 43.6. The summed E-state index contributed by atoms with van der Waals surface area (Å²) in [5, 5.41) is 22.2. The molecule has 0 amide bonds. The first-order valence-corrected chi connectivity index (χ1v) is 26.3. The van der Waals surface area contributed by atoms with Crippen LogP contribution in [-0.4, -0.2) is 92.3 Å². The van der Waals surface area contributed by atoms with Gasteiger partial charge in [-0.05, 0) is 82.3 Å². The minimum Gasteiger partial charge on any atom is -0.481 e. The number of unbranched alkanes of at least 4 members (excludes halogenated alkanes) is 20. The molecular formula is C54H100N2O8. The van der Waals surface area contributed by atoms with Crippen molar-refractivity contribution in [2.75, 3.05) is 14.1 Å². The van der Waals surface area contributed by atoms with E-state index in [-0.39, 0.29) is 35.0 Å². The number of carbonyl (C=O) groups is 4. The van der Waals surface area contributed by atoms with E-state index in [0.717, 1.165) is 51.4 Å². The Morgan fingerprint density at radius 3 is 1.08 bits per heavy atom. The number of hydrogen-bond donors (Lipinski definition) is 2. The highest BCUT2D eigenvalue weighted by Gasteiger charge is 2.64. The van der Waals surface area contributed by atoms with Gasteiger partial charge in [0.05, 0.1) is 23.7 Å². The number of aliphatic carboxylic acids is 2. The van der Waals surface area contributed by atoms with E-state index >= 15 is 4.79 Å². The summed E-state index contributed by atoms with van der Waals surface area (Å²) in [5.41, 5.74) is -5.28. The summed E-state index contributed by atoms with van der Waals surface area (Å²) in [5.74, 6) is -4.05. The molecule has 10 nitrogen and oxygen atoms in total. The van der Waals surface area contributed by atoms with Crippen LogP contribution >= 0.6 is 0 Å². The fourth-order valence-electron chi connectivity index (χ4n) is 11.7. The van der Waals surface area contributed by atoms with Gasteiger partial charge < -0.3 is 19.7 Å². The number of likely N-dealkylation sites (tertiary alicyclic amines) is 2. The topological polar surface area (TPSA) is 134 Å². The van der Waals surface area contributed by atoms with Crippen molar-refractivity contribution >= 4 is 23.9 Å². The second-order valence-corrected chi connectivity index (χ2v) is 23.1. The fraction of sp³-hybridized carbons (Fsp3) is 0.926. The molecule has 374 valence electrons. The van der Waals surface area contributed by atoms with Gasteiger partial charge in [0.2, 0.25) is 0 Å². The predicted octanol–water partition coefficient (Wildman–Crippen LogP) is 13.7. The molecule has 0 aliphatic carbocycles. The predicted molar refractivity (Wildman–Crippen MR) is 262 cm³/mol. The normalized spacial score (nSPS) is 20.9. The first kappa shape index (κ1) is 57.9. The minimum atomic E-state index is -2.09. The van der Waals surface area contributed by atoms with Crippen LogP contribution in [0, 0.1) is 10.8 Å². The molecule has 2 N–H and O–H groups in total. The van der Waals surface area contributed by atoms with Gasteiger partial charge in [0.25, 0.3) is 0 Å². The van der Waals surface area contributed by atoms with Crippen molar-refractivity contribution in [2.45, 2.75) is 296 Å². The van der Waals surface area contributed by atoms with E-state index in [0.29, 0.717) is 38.5 Å². The first-order valence-electron chi connectivity index (χ1n) is 26.3. The van der Waals surface area contributed by atoms with Gasteiger partial charge in [0, 0.05) is 47.8 Å². The smallest absolute Gasteiger partial charge is 0.314 e. The van der Waals surface area contributed by atoms with Crippen LogP contribution in [0.2, 0.25) is 0 Å². The maximum Gasteiger partial charge on any atom is 0.314 e. The molecule has 10 heteroatoms. The molecule has 0 aromatic rings. The maximum absolute atomic E-state index is 15.6. The van der Waals surface area contributed by atoms with Gasteiger partial charge in [-0.2, -0.15) is 0 Å². The van der Waals surface area contributed by atoms with Crippen molar-refractivity contribution in [3.05, 3.63) is 0 Å². The van der Waals surface area contributed by atoms with Crippen LogP contribution in [0.5, 0.6) is 0 Å². The lowest BCUT2D eigenvalue weighted by molar-refractivity contribution is -0.198. The molecule has 64 heavy (non-hydrogen) atoms. The lowest BCUT2D eigenvalue weighted by Crippen LogP contribution is -2.62. The number of carboxylic acid groups (broad SMARTS) is 2. The van der Waals surface area contributed by atoms with Gasteiger partial charge >= 0.3 is 23.9 Å². The largest absolute Gasteiger partial charge is 0.481 e. The number of nitrogens with zero attached hydrogens (tertiary/aromatic N) is 2. The Morgan fingerprint density at radius 2 is 0.766 bits per heavy atom. The zero-order chi connectivity index (χ0) is 48.2. The number of ether oxygens (including phenoxy) is 2. The average molecular weight is 905 g/mol. The molecule has 0 radical (unpaired) electrons. The number of esters is 2. The molecule has 2 rings (SSSR count). The van der Waals surface area contributed by atoms with Crippen LogP contribution in [-0.2, 0) is 28.7 Å². The van der Waals surface area contributed by atoms with Crippen molar-refractivity contribution in [2.24, 2.45) is 10.8 Å². The molecule has 0 saturated carbocycles. The Hall–Kier alpha value is -2.20. The summed E-state index contributed by atoms with van der Waals surface area (Å²) in [4.78, 5) is 62.1. The van der Waals surface area contributed by atoms with E-state index in [1.165, 1.54) is 77.0 Å². The third-order valence-electron chi connectivity index (χ3n) is 16.1. The molecule has 0 spiro atoms. The molecule has 2 heterocycles. The Morgan fingerprint density at radius 1 is 0.469 bits per heavy atom. The van der Waals surface area contributed by atoms with Gasteiger partial charge in [-0.25, -0.2) is 0 Å². The van der Waals surface area contributed by atoms with E-state index in [9.17, 15) is 24.6 Å². The fourth-order valence-corrected chi connectivity index (χ4v) is 11.7. The number of piperidine rings is 2. The standard InChI is InChI=1S/C54H100N2O8/c1-13-15-17-19-21-23-25-27-29-31-33-35-53(47(60)61,41-45(57)58)54(36-34-32-30-28-26-24-22-20-18-16-14-2,48(62)64-44-39-51(7,8)56(12)52(9,10)40-44)42-46(59)63-43-37-49(3,4)55(11)50(5,6)38-43/h43-44H,13-42H2,1-12H3,(H,57,58)(H,60,61). The van der Waals surface area contributed by atoms with E-state index in [1.807, 2.05) is 0 Å². The van der Waals surface area contributed by atoms with Gasteiger partial charge in [-0.15, -0.1) is 0 Å². The molecule has 2 fully saturated rings. The highest BCUT2D eigenvalue weighted by molar-refractivity contribution is 5.93. The van der Waals surface area contributed by atoms with Gasteiger partial charge in [0.15, 0.2) is 0 Å². The molecule has 2 unspecified atom stereocenters. The summed E-state index contributed by atoms with van der Waals surface area (Å²) < 4.78 is 13.0. The number of carboxylic acids is 2. The minimum absolute atomic E-state index is 0.0370. The summed E-state index contributed by atoms with van der Waals surface area (Å²) in [6.07, 6.45) is 23.2. The maximum atomic E-state index is 15.6. The van der Waals surface area contributed by atoms with Crippen LogP contribution in [0.1, 0.15) is 262 Å². The highest BCUT2D eigenvalue weighted by Crippen LogP contribution is 2.55. The van der Waals surface area contributed by atoms with E-state index in [4.69, 9.17) is 9.47 Å². The van der Waals surface area contributed by atoms with Gasteiger partial charge in [0.1, 0.15) is 12.2 Å². The second-order valence-electron chi connectivity index (χ2n) is 23.1. The van der Waals surface area contributed by atoms with Crippen LogP contribution in [0.15, 0.2) is 0 Å². The highest BCUT2D eigenvalue weighted by atomic mass is 16.6. The van der Waals surface area contributed by atoms with Crippen LogP contribution in [0.4, 0.5) is 0 Å². The van der Waals surface area contributed by atoms with Crippen LogP contribution in [0.3, 0.4) is 0 Å². The quantitative estimate of drug-likeness (QED) is 0.0484. The molecule has 2 aliphatic rings. The Labute approximate surface area is 392 Å².